The molecule has 0 bridgehead atoms. The van der Waals surface area contributed by atoms with Crippen molar-refractivity contribution in [3.8, 4) is 0 Å². The van der Waals surface area contributed by atoms with E-state index in [1.54, 1.807) is 16.3 Å². The van der Waals surface area contributed by atoms with Gasteiger partial charge in [0.1, 0.15) is 0 Å². The van der Waals surface area contributed by atoms with Gasteiger partial charge in [0.25, 0.3) is 0 Å². The van der Waals surface area contributed by atoms with E-state index in [9.17, 15) is 4.79 Å². The summed E-state index contributed by atoms with van der Waals surface area (Å²) in [5.41, 5.74) is 8.85. The molecule has 1 aliphatic carbocycles. The highest BCUT2D eigenvalue weighted by atomic mass is 32.2. The molecular formula is C15H20N4OS. The molecule has 3 N–H and O–H groups in total. The van der Waals surface area contributed by atoms with E-state index in [4.69, 9.17) is 5.73 Å². The van der Waals surface area contributed by atoms with E-state index in [0.717, 1.165) is 24.4 Å². The van der Waals surface area contributed by atoms with Crippen molar-refractivity contribution in [3.63, 3.8) is 0 Å². The number of benzene rings is 1. The van der Waals surface area contributed by atoms with Crippen molar-refractivity contribution >= 4 is 11.8 Å². The summed E-state index contributed by atoms with van der Waals surface area (Å²) in [4.78, 5) is 11.8. The molecule has 1 aromatic heterocycles. The number of nitrogens with one attached hydrogen (secondary N) is 1. The predicted octanol–water partition coefficient (Wildman–Crippen LogP) is 2.09. The number of hydrogen-bond acceptors (Lipinski definition) is 4. The molecule has 5 nitrogen and oxygen atoms in total. The van der Waals surface area contributed by atoms with Gasteiger partial charge in [0.2, 0.25) is 0 Å². The lowest BCUT2D eigenvalue weighted by molar-refractivity contribution is 0.573. The van der Waals surface area contributed by atoms with Gasteiger partial charge >= 0.3 is 5.69 Å². The van der Waals surface area contributed by atoms with Gasteiger partial charge in [0, 0.05) is 17.8 Å². The minimum absolute atomic E-state index is 0.0122. The maximum Gasteiger partial charge on any atom is 0.343 e. The van der Waals surface area contributed by atoms with Gasteiger partial charge in [-0.05, 0) is 30.4 Å². The third-order valence-electron chi connectivity index (χ3n) is 3.94. The van der Waals surface area contributed by atoms with Crippen LogP contribution in [0.3, 0.4) is 0 Å². The van der Waals surface area contributed by atoms with E-state index < -0.39 is 0 Å². The monoisotopic (exact) mass is 304 g/mol. The molecule has 2 atom stereocenters. The van der Waals surface area contributed by atoms with Crippen molar-refractivity contribution in [1.82, 2.24) is 14.8 Å². The molecule has 0 radical (unpaired) electrons. The van der Waals surface area contributed by atoms with Gasteiger partial charge in [-0.2, -0.15) is 0 Å². The largest absolute Gasteiger partial charge is 0.343 e. The summed E-state index contributed by atoms with van der Waals surface area (Å²) in [6.45, 7) is 2.74. The summed E-state index contributed by atoms with van der Waals surface area (Å²) in [6.07, 6.45) is 2.95. The molecule has 112 valence electrons. The van der Waals surface area contributed by atoms with Crippen LogP contribution in [0.2, 0.25) is 0 Å². The van der Waals surface area contributed by atoms with Crippen molar-refractivity contribution < 1.29 is 0 Å². The van der Waals surface area contributed by atoms with Gasteiger partial charge in [-0.15, -0.1) is 5.10 Å². The number of hydrogen-bond donors (Lipinski definition) is 2. The van der Waals surface area contributed by atoms with Gasteiger partial charge < -0.3 is 5.73 Å². The highest BCUT2D eigenvalue weighted by Crippen LogP contribution is 2.37. The first-order valence-corrected chi connectivity index (χ1v) is 8.24. The Morgan fingerprint density at radius 3 is 3.10 bits per heavy atom. The number of H-pyrrole nitrogens is 1. The highest BCUT2D eigenvalue weighted by molar-refractivity contribution is 7.99. The number of aromatic amines is 1. The predicted molar refractivity (Wildman–Crippen MR) is 84.5 cm³/mol. The Hall–Kier alpha value is -1.53. The molecule has 0 fully saturated rings. The summed E-state index contributed by atoms with van der Waals surface area (Å²) >= 11 is 1.62. The van der Waals surface area contributed by atoms with Crippen molar-refractivity contribution in [2.24, 2.45) is 5.73 Å². The van der Waals surface area contributed by atoms with E-state index >= 15 is 0 Å². The summed E-state index contributed by atoms with van der Waals surface area (Å²) in [5.74, 6) is 0. The standard InChI is InChI=1S/C15H20N4OS/c1-2-9-19-14(20)17-18-15(19)21-12-8-7-10-5-3-4-6-11(10)13(12)16/h3-6,12-13H,2,7-9,16H2,1H3,(H,17,20). The number of rotatable bonds is 4. The summed E-state index contributed by atoms with van der Waals surface area (Å²) in [6, 6.07) is 8.34. The van der Waals surface area contributed by atoms with Crippen LogP contribution < -0.4 is 11.4 Å². The van der Waals surface area contributed by atoms with Gasteiger partial charge in [0.05, 0.1) is 0 Å². The van der Waals surface area contributed by atoms with Crippen LogP contribution >= 0.6 is 11.8 Å². The van der Waals surface area contributed by atoms with Gasteiger partial charge in [0.15, 0.2) is 5.16 Å². The van der Waals surface area contributed by atoms with Crippen LogP contribution in [0.25, 0.3) is 0 Å². The topological polar surface area (TPSA) is 76.7 Å². The maximum absolute atomic E-state index is 11.8. The first kappa shape index (κ1) is 14.4. The lowest BCUT2D eigenvalue weighted by Crippen LogP contribution is -2.30. The Morgan fingerprint density at radius 1 is 1.48 bits per heavy atom. The van der Waals surface area contributed by atoms with Crippen LogP contribution in [0.15, 0.2) is 34.2 Å². The zero-order valence-corrected chi connectivity index (χ0v) is 12.9. The first-order chi connectivity index (χ1) is 10.2. The number of fused-ring (bicyclic) bond motifs is 1. The smallest absolute Gasteiger partial charge is 0.323 e. The Labute approximate surface area is 127 Å². The maximum atomic E-state index is 11.8. The van der Waals surface area contributed by atoms with Crippen LogP contribution in [0.1, 0.15) is 36.9 Å². The van der Waals surface area contributed by atoms with E-state index in [1.807, 2.05) is 6.07 Å². The Kier molecular flexibility index (Phi) is 4.17. The fraction of sp³-hybridized carbons (Fsp3) is 0.467. The molecule has 1 heterocycles. The van der Waals surface area contributed by atoms with Crippen LogP contribution in [-0.2, 0) is 13.0 Å². The number of aryl methyl sites for hydroxylation is 1. The average Bonchev–Trinajstić information content (AvgIpc) is 2.84. The van der Waals surface area contributed by atoms with Crippen LogP contribution in [-0.4, -0.2) is 20.0 Å². The second-order valence-corrected chi connectivity index (χ2v) is 6.59. The number of nitrogens with zero attached hydrogens (tertiary/aromatic N) is 2. The summed E-state index contributed by atoms with van der Waals surface area (Å²) in [7, 11) is 0. The summed E-state index contributed by atoms with van der Waals surface area (Å²) < 4.78 is 1.71. The Bertz CT molecular complexity index is 678. The lowest BCUT2D eigenvalue weighted by atomic mass is 9.88. The third-order valence-corrected chi connectivity index (χ3v) is 5.29. The van der Waals surface area contributed by atoms with E-state index in [-0.39, 0.29) is 17.0 Å². The SMILES string of the molecule is CCCn1c(SC2CCc3ccccc3C2N)n[nH]c1=O. The second kappa shape index (κ2) is 6.07. The normalized spacial score (nSPS) is 21.2. The molecule has 2 aromatic rings. The van der Waals surface area contributed by atoms with Gasteiger partial charge in [-0.3, -0.25) is 4.57 Å². The molecule has 0 spiro atoms. The van der Waals surface area contributed by atoms with Gasteiger partial charge in [-0.1, -0.05) is 43.0 Å². The molecular weight excluding hydrogens is 284 g/mol. The molecule has 21 heavy (non-hydrogen) atoms. The fourth-order valence-electron chi connectivity index (χ4n) is 2.85. The highest BCUT2D eigenvalue weighted by Gasteiger charge is 2.28. The number of aromatic nitrogens is 3. The number of thioether (sulfide) groups is 1. The quantitative estimate of drug-likeness (QED) is 0.907. The Morgan fingerprint density at radius 2 is 2.29 bits per heavy atom. The third kappa shape index (κ3) is 2.78. The zero-order valence-electron chi connectivity index (χ0n) is 12.1. The zero-order chi connectivity index (χ0) is 14.8. The molecule has 6 heteroatoms. The average molecular weight is 304 g/mol. The molecule has 0 saturated heterocycles. The molecule has 1 aromatic carbocycles. The van der Waals surface area contributed by atoms with Crippen molar-refractivity contribution in [3.05, 3.63) is 45.9 Å². The molecule has 0 amide bonds. The molecule has 2 unspecified atom stereocenters. The minimum Gasteiger partial charge on any atom is -0.323 e. The lowest BCUT2D eigenvalue weighted by Gasteiger charge is -2.30. The summed E-state index contributed by atoms with van der Waals surface area (Å²) in [5, 5.41) is 7.70. The van der Waals surface area contributed by atoms with Crippen molar-refractivity contribution in [2.75, 3.05) is 0 Å². The number of nitrogens with two attached hydrogens (primary N) is 1. The Balaban J connectivity index is 1.82. The molecule has 0 saturated carbocycles. The van der Waals surface area contributed by atoms with E-state index in [1.165, 1.54) is 11.1 Å². The minimum atomic E-state index is -0.135. The van der Waals surface area contributed by atoms with E-state index in [2.05, 4.69) is 35.3 Å². The van der Waals surface area contributed by atoms with Crippen LogP contribution in [0, 0.1) is 0 Å². The van der Waals surface area contributed by atoms with Crippen molar-refractivity contribution in [2.45, 2.75) is 49.2 Å². The fourth-order valence-corrected chi connectivity index (χ4v) is 4.05. The first-order valence-electron chi connectivity index (χ1n) is 7.36. The molecule has 1 aliphatic rings. The van der Waals surface area contributed by atoms with Gasteiger partial charge in [-0.25, -0.2) is 9.89 Å². The molecule has 0 aliphatic heterocycles. The second-order valence-electron chi connectivity index (χ2n) is 5.38. The van der Waals surface area contributed by atoms with Crippen LogP contribution in [0.5, 0.6) is 0 Å². The molecule has 3 rings (SSSR count). The van der Waals surface area contributed by atoms with E-state index in [0.29, 0.717) is 6.54 Å². The van der Waals surface area contributed by atoms with Crippen LogP contribution in [0.4, 0.5) is 0 Å². The van der Waals surface area contributed by atoms with Crippen molar-refractivity contribution in [1.29, 1.82) is 0 Å².